The lowest BCUT2D eigenvalue weighted by Gasteiger charge is -2.19. The Bertz CT molecular complexity index is 747. The quantitative estimate of drug-likeness (QED) is 0.851. The second-order valence-electron chi connectivity index (χ2n) is 6.07. The van der Waals surface area contributed by atoms with E-state index in [0.29, 0.717) is 11.8 Å². The van der Waals surface area contributed by atoms with Crippen LogP contribution in [0.5, 0.6) is 5.75 Å². The molecule has 1 aliphatic rings. The summed E-state index contributed by atoms with van der Waals surface area (Å²) >= 11 is 0. The smallest absolute Gasteiger partial charge is 0.416 e. The van der Waals surface area contributed by atoms with E-state index in [1.54, 1.807) is 22.8 Å². The number of likely N-dealkylation sites (tertiary alicyclic amines) is 1. The number of nitrogens with zero attached hydrogens (tertiary/aromatic N) is 3. The number of benzene rings is 1. The van der Waals surface area contributed by atoms with E-state index in [2.05, 4.69) is 5.10 Å². The molecule has 9 heteroatoms. The van der Waals surface area contributed by atoms with Crippen LogP contribution in [0.2, 0.25) is 0 Å². The van der Waals surface area contributed by atoms with Crippen molar-refractivity contribution in [3.8, 4) is 5.75 Å². The molecule has 0 radical (unpaired) electrons. The Morgan fingerprint density at radius 3 is 2.72 bits per heavy atom. The van der Waals surface area contributed by atoms with Gasteiger partial charge in [0.1, 0.15) is 18.0 Å². The number of β-amino-alcohol motifs (C(OH)–C–C–N with tert-alkyl or cyclic N) is 1. The molecule has 0 bridgehead atoms. The van der Waals surface area contributed by atoms with Gasteiger partial charge in [-0.05, 0) is 17.7 Å². The molecule has 0 unspecified atom stereocenters. The summed E-state index contributed by atoms with van der Waals surface area (Å²) in [6.45, 7) is 0.365. The van der Waals surface area contributed by atoms with Gasteiger partial charge in [0.15, 0.2) is 5.75 Å². The molecule has 0 aliphatic carbocycles. The Labute approximate surface area is 141 Å². The summed E-state index contributed by atoms with van der Waals surface area (Å²) in [5.41, 5.74) is -1.04. The molecule has 0 spiro atoms. The van der Waals surface area contributed by atoms with Gasteiger partial charge in [-0.3, -0.25) is 9.58 Å². The first-order valence-electron chi connectivity index (χ1n) is 7.64. The minimum absolute atomic E-state index is 0.0388. The minimum atomic E-state index is -4.64. The number of rotatable bonds is 4. The molecule has 0 saturated carbocycles. The number of aromatic nitrogens is 2. The van der Waals surface area contributed by atoms with Crippen LogP contribution in [0.4, 0.5) is 17.6 Å². The molecule has 1 aromatic heterocycles. The van der Waals surface area contributed by atoms with Crippen LogP contribution in [-0.4, -0.2) is 45.1 Å². The molecule has 1 aliphatic heterocycles. The maximum Gasteiger partial charge on any atom is 0.416 e. The van der Waals surface area contributed by atoms with Crippen LogP contribution < -0.4 is 4.74 Å². The number of ether oxygens (including phenoxy) is 1. The molecule has 25 heavy (non-hydrogen) atoms. The van der Waals surface area contributed by atoms with Crippen LogP contribution in [0, 0.1) is 5.82 Å². The lowest BCUT2D eigenvalue weighted by molar-refractivity contribution is -0.138. The number of hydrogen-bond donors (Lipinski definition) is 1. The van der Waals surface area contributed by atoms with E-state index < -0.39 is 29.8 Å². The highest BCUT2D eigenvalue weighted by Gasteiger charge is 2.37. The summed E-state index contributed by atoms with van der Waals surface area (Å²) < 4.78 is 59.6. The normalized spacial score (nSPS) is 21.7. The van der Waals surface area contributed by atoms with E-state index in [1.807, 2.05) is 0 Å². The van der Waals surface area contributed by atoms with Crippen LogP contribution in [0.15, 0.2) is 30.6 Å². The highest BCUT2D eigenvalue weighted by atomic mass is 19.4. The SMILES string of the molecule is Cn1cc(O[C@@H]2CN(Cc3ccc(F)cc3C(F)(F)F)C[C@H]2O)cn1. The van der Waals surface area contributed by atoms with E-state index in [4.69, 9.17) is 4.74 Å². The third-order valence-electron chi connectivity index (χ3n) is 4.05. The van der Waals surface area contributed by atoms with Gasteiger partial charge in [-0.2, -0.15) is 18.3 Å². The largest absolute Gasteiger partial charge is 0.483 e. The topological polar surface area (TPSA) is 50.5 Å². The summed E-state index contributed by atoms with van der Waals surface area (Å²) in [4.78, 5) is 1.65. The Morgan fingerprint density at radius 1 is 1.32 bits per heavy atom. The lowest BCUT2D eigenvalue weighted by atomic mass is 10.1. The van der Waals surface area contributed by atoms with Crippen molar-refractivity contribution < 1.29 is 27.4 Å². The van der Waals surface area contributed by atoms with Crippen molar-refractivity contribution in [2.24, 2.45) is 7.05 Å². The van der Waals surface area contributed by atoms with Crippen LogP contribution >= 0.6 is 0 Å². The molecule has 1 fully saturated rings. The molecule has 2 atom stereocenters. The van der Waals surface area contributed by atoms with Crippen molar-refractivity contribution in [1.29, 1.82) is 0 Å². The predicted octanol–water partition coefficient (Wildman–Crippen LogP) is 2.20. The molecule has 3 rings (SSSR count). The molecule has 5 nitrogen and oxygen atoms in total. The molecular formula is C16H17F4N3O2. The van der Waals surface area contributed by atoms with Gasteiger partial charge in [0.05, 0.1) is 18.0 Å². The molecule has 0 amide bonds. The average molecular weight is 359 g/mol. The fourth-order valence-corrected chi connectivity index (χ4v) is 2.90. The molecular weight excluding hydrogens is 342 g/mol. The fraction of sp³-hybridized carbons (Fsp3) is 0.438. The van der Waals surface area contributed by atoms with Gasteiger partial charge in [0.25, 0.3) is 0 Å². The number of aliphatic hydroxyl groups is 1. The summed E-state index contributed by atoms with van der Waals surface area (Å²) in [7, 11) is 1.72. The molecule has 1 saturated heterocycles. The third-order valence-corrected chi connectivity index (χ3v) is 4.05. The number of alkyl halides is 3. The van der Waals surface area contributed by atoms with Gasteiger partial charge in [-0.15, -0.1) is 0 Å². The minimum Gasteiger partial charge on any atom is -0.483 e. The number of aryl methyl sites for hydroxylation is 1. The standard InChI is InChI=1S/C16H17F4N3O2/c1-22-7-12(5-21-22)25-15-9-23(8-14(15)24)6-10-2-3-11(17)4-13(10)16(18,19)20/h2-5,7,14-15,24H,6,8-9H2,1H3/t14-,15-/m1/s1. The Morgan fingerprint density at radius 2 is 2.08 bits per heavy atom. The second-order valence-corrected chi connectivity index (χ2v) is 6.07. The summed E-state index contributed by atoms with van der Waals surface area (Å²) in [6.07, 6.45) is -2.91. The van der Waals surface area contributed by atoms with Gasteiger partial charge in [-0.1, -0.05) is 6.07 Å². The van der Waals surface area contributed by atoms with Gasteiger partial charge in [0.2, 0.25) is 0 Å². The first-order chi connectivity index (χ1) is 11.7. The average Bonchev–Trinajstić information content (AvgIpc) is 3.06. The second kappa shape index (κ2) is 6.64. The van der Waals surface area contributed by atoms with Crippen LogP contribution in [-0.2, 0) is 19.8 Å². The van der Waals surface area contributed by atoms with Crippen molar-refractivity contribution in [2.75, 3.05) is 13.1 Å². The van der Waals surface area contributed by atoms with Crippen molar-refractivity contribution in [2.45, 2.75) is 24.9 Å². The van der Waals surface area contributed by atoms with E-state index in [0.717, 1.165) is 12.1 Å². The molecule has 2 heterocycles. The Balaban J connectivity index is 1.70. The highest BCUT2D eigenvalue weighted by molar-refractivity contribution is 5.30. The maximum absolute atomic E-state index is 13.2. The Hall–Kier alpha value is -2.13. The molecule has 136 valence electrons. The fourth-order valence-electron chi connectivity index (χ4n) is 2.90. The summed E-state index contributed by atoms with van der Waals surface area (Å²) in [6, 6.07) is 2.62. The van der Waals surface area contributed by atoms with Crippen LogP contribution in [0.3, 0.4) is 0 Å². The van der Waals surface area contributed by atoms with Crippen molar-refractivity contribution in [1.82, 2.24) is 14.7 Å². The van der Waals surface area contributed by atoms with Gasteiger partial charge < -0.3 is 9.84 Å². The van der Waals surface area contributed by atoms with Gasteiger partial charge in [0, 0.05) is 26.7 Å². The van der Waals surface area contributed by atoms with Crippen molar-refractivity contribution >= 4 is 0 Å². The molecule has 1 N–H and O–H groups in total. The van der Waals surface area contributed by atoms with Gasteiger partial charge >= 0.3 is 6.18 Å². The third kappa shape index (κ3) is 4.10. The summed E-state index contributed by atoms with van der Waals surface area (Å²) in [5, 5.41) is 14.1. The first-order valence-corrected chi connectivity index (χ1v) is 7.64. The Kier molecular flexibility index (Phi) is 4.70. The monoisotopic (exact) mass is 359 g/mol. The first kappa shape index (κ1) is 17.7. The van der Waals surface area contributed by atoms with Crippen LogP contribution in [0.25, 0.3) is 0 Å². The summed E-state index contributed by atoms with van der Waals surface area (Å²) in [5.74, 6) is -0.457. The van der Waals surface area contributed by atoms with E-state index in [1.165, 1.54) is 6.20 Å². The van der Waals surface area contributed by atoms with Gasteiger partial charge in [-0.25, -0.2) is 4.39 Å². The number of aliphatic hydroxyl groups excluding tert-OH is 1. The van der Waals surface area contributed by atoms with Crippen molar-refractivity contribution in [3.63, 3.8) is 0 Å². The molecule has 2 aromatic rings. The predicted molar refractivity (Wildman–Crippen MR) is 80.3 cm³/mol. The number of halogens is 4. The van der Waals surface area contributed by atoms with E-state index in [-0.39, 0.29) is 25.2 Å². The molecule has 1 aromatic carbocycles. The van der Waals surface area contributed by atoms with Crippen LogP contribution in [0.1, 0.15) is 11.1 Å². The maximum atomic E-state index is 13.2. The zero-order chi connectivity index (χ0) is 18.2. The lowest BCUT2D eigenvalue weighted by Crippen LogP contribution is -2.29. The zero-order valence-electron chi connectivity index (χ0n) is 13.4. The highest BCUT2D eigenvalue weighted by Crippen LogP contribution is 2.33. The van der Waals surface area contributed by atoms with Crippen molar-refractivity contribution in [3.05, 3.63) is 47.5 Å². The number of hydrogen-bond acceptors (Lipinski definition) is 4. The van der Waals surface area contributed by atoms with E-state index in [9.17, 15) is 22.7 Å². The zero-order valence-corrected chi connectivity index (χ0v) is 13.4. The van der Waals surface area contributed by atoms with E-state index >= 15 is 0 Å².